The minimum absolute atomic E-state index is 0. The predicted molar refractivity (Wildman–Crippen MR) is 123 cm³/mol. The fraction of sp³-hybridized carbons (Fsp3) is 0.100. The summed E-state index contributed by atoms with van der Waals surface area (Å²) in [7, 11) is -9.29. The Morgan fingerprint density at radius 1 is 0.861 bits per heavy atom. The molecule has 180 valence electrons. The van der Waals surface area contributed by atoms with E-state index in [1.807, 2.05) is 0 Å². The molecule has 0 aliphatic carbocycles. The molecule has 0 spiro atoms. The number of H-pyrrole nitrogens is 1. The summed E-state index contributed by atoms with van der Waals surface area (Å²) < 4.78 is 84.3. The molecular formula is C20H13Cl2NNa2O9S2. The maximum absolute atomic E-state index is 11.6. The largest absolute Gasteiger partial charge is 1.00 e. The number of ether oxygens (including phenoxy) is 1. The van der Waals surface area contributed by atoms with E-state index in [0.717, 1.165) is 0 Å². The van der Waals surface area contributed by atoms with Crippen LogP contribution in [0.3, 0.4) is 0 Å². The first-order valence-electron chi connectivity index (χ1n) is 9.21. The Morgan fingerprint density at radius 3 is 1.97 bits per heavy atom. The van der Waals surface area contributed by atoms with Crippen molar-refractivity contribution in [1.29, 1.82) is 0 Å². The van der Waals surface area contributed by atoms with Gasteiger partial charge in [0.1, 0.15) is 5.75 Å². The van der Waals surface area contributed by atoms with Crippen LogP contribution in [0.4, 0.5) is 0 Å². The van der Waals surface area contributed by atoms with E-state index in [-0.39, 0.29) is 102 Å². The first-order chi connectivity index (χ1) is 15.8. The molecule has 0 fully saturated rings. The second kappa shape index (κ2) is 11.6. The van der Waals surface area contributed by atoms with Crippen molar-refractivity contribution in [1.82, 2.24) is 4.98 Å². The summed E-state index contributed by atoms with van der Waals surface area (Å²) >= 11 is 12.6. The van der Waals surface area contributed by atoms with Gasteiger partial charge in [0.2, 0.25) is 0 Å². The van der Waals surface area contributed by atoms with E-state index in [2.05, 4.69) is 4.98 Å². The van der Waals surface area contributed by atoms with Crippen LogP contribution in [0.15, 0.2) is 36.4 Å². The van der Waals surface area contributed by atoms with E-state index in [1.54, 1.807) is 25.1 Å². The number of aromatic amines is 1. The third-order valence-corrected chi connectivity index (χ3v) is 6.44. The van der Waals surface area contributed by atoms with Crippen LogP contribution < -0.4 is 72.2 Å². The average Bonchev–Trinajstić information content (AvgIpc) is 3.09. The monoisotopic (exact) mass is 591 g/mol. The number of hydrogen-bond donors (Lipinski definition) is 1. The second-order valence-electron chi connectivity index (χ2n) is 7.03. The van der Waals surface area contributed by atoms with Gasteiger partial charge in [-0.05, 0) is 18.6 Å². The molecule has 4 rings (SSSR count). The molecule has 0 bridgehead atoms. The van der Waals surface area contributed by atoms with E-state index in [1.165, 1.54) is 25.3 Å². The van der Waals surface area contributed by atoms with Crippen molar-refractivity contribution < 1.29 is 98.2 Å². The van der Waals surface area contributed by atoms with Crippen LogP contribution in [0.25, 0.3) is 32.9 Å². The molecule has 0 atom stereocenters. The van der Waals surface area contributed by atoms with Gasteiger partial charge in [0.05, 0.1) is 23.7 Å². The van der Waals surface area contributed by atoms with Gasteiger partial charge in [0.25, 0.3) is 20.8 Å². The summed E-state index contributed by atoms with van der Waals surface area (Å²) in [5.41, 5.74) is 0.114. The molecule has 1 N–H and O–H groups in total. The molecular weight excluding hydrogens is 579 g/mol. The van der Waals surface area contributed by atoms with Gasteiger partial charge < -0.3 is 27.2 Å². The van der Waals surface area contributed by atoms with Gasteiger partial charge in [-0.1, -0.05) is 47.5 Å². The zero-order chi connectivity index (χ0) is 25.0. The van der Waals surface area contributed by atoms with Gasteiger partial charge in [-0.3, -0.25) is 0 Å². The van der Waals surface area contributed by atoms with Gasteiger partial charge in [-0.15, -0.1) is 0 Å². The number of aryl methyl sites for hydroxylation is 1. The molecule has 16 heteroatoms. The molecule has 10 nitrogen and oxygen atoms in total. The summed E-state index contributed by atoms with van der Waals surface area (Å²) in [4.78, 5) is 2.86. The molecule has 0 unspecified atom stereocenters. The van der Waals surface area contributed by atoms with Crippen LogP contribution in [0.5, 0.6) is 17.2 Å². The molecule has 36 heavy (non-hydrogen) atoms. The zero-order valence-electron chi connectivity index (χ0n) is 19.2. The van der Waals surface area contributed by atoms with Crippen molar-refractivity contribution in [3.63, 3.8) is 0 Å². The fourth-order valence-corrected chi connectivity index (χ4v) is 4.88. The minimum atomic E-state index is -5.33. The van der Waals surface area contributed by atoms with Gasteiger partial charge >= 0.3 is 59.1 Å². The quantitative estimate of drug-likeness (QED) is 0.157. The van der Waals surface area contributed by atoms with Gasteiger partial charge in [0.15, 0.2) is 11.5 Å². The summed E-state index contributed by atoms with van der Waals surface area (Å²) in [6.07, 6.45) is 0. The number of methoxy groups -OCH3 is 1. The SMILES string of the molecule is COc1cc(Cl)c(C)c2c(OS(=O)(=O)[O-])c(-c3cc(Cl)c4ccccc4c3OS(=O)(=O)[O-])[nH]c12.[Na+].[Na+]. The molecule has 1 aromatic heterocycles. The van der Waals surface area contributed by atoms with Gasteiger partial charge in [-0.2, -0.15) is 0 Å². The fourth-order valence-electron chi connectivity index (χ4n) is 3.66. The van der Waals surface area contributed by atoms with Crippen LogP contribution in [0.2, 0.25) is 10.0 Å². The van der Waals surface area contributed by atoms with E-state index in [4.69, 9.17) is 36.3 Å². The van der Waals surface area contributed by atoms with Crippen molar-refractivity contribution in [2.75, 3.05) is 7.11 Å². The van der Waals surface area contributed by atoms with Crippen LogP contribution in [0, 0.1) is 6.92 Å². The molecule has 3 aromatic carbocycles. The molecule has 4 aromatic rings. The van der Waals surface area contributed by atoms with Crippen molar-refractivity contribution in [3.8, 4) is 28.5 Å². The van der Waals surface area contributed by atoms with Crippen molar-refractivity contribution in [2.45, 2.75) is 6.92 Å². The maximum Gasteiger partial charge on any atom is 1.00 e. The summed E-state index contributed by atoms with van der Waals surface area (Å²) in [6.45, 7) is 1.54. The van der Waals surface area contributed by atoms with Crippen molar-refractivity contribution in [2.24, 2.45) is 0 Å². The van der Waals surface area contributed by atoms with Gasteiger partial charge in [0, 0.05) is 32.4 Å². The molecule has 0 saturated carbocycles. The predicted octanol–water partition coefficient (Wildman–Crippen LogP) is -1.70. The zero-order valence-corrected chi connectivity index (χ0v) is 26.4. The first-order valence-corrected chi connectivity index (χ1v) is 12.6. The number of hydrogen-bond acceptors (Lipinski definition) is 9. The normalized spacial score (nSPS) is 11.6. The molecule has 0 amide bonds. The van der Waals surface area contributed by atoms with Crippen molar-refractivity contribution >= 4 is 65.7 Å². The average molecular weight is 592 g/mol. The Hall–Kier alpha value is -0.740. The van der Waals surface area contributed by atoms with Crippen LogP contribution >= 0.6 is 23.2 Å². The molecule has 1 heterocycles. The standard InChI is InChI=1S/C20H15Cl2NO9S2.2Na/c1-9-13(21)8-15(30-2)18-16(9)20(32-34(27,28)29)17(23-18)12-7-14(22)10-5-3-4-6-11(10)19(12)31-33(24,25)26;;/h3-8,23H,1-2H3,(H,24,25,26)(H,27,28,29);;/q;2*+1/p-2. The van der Waals surface area contributed by atoms with Gasteiger partial charge in [-0.25, -0.2) is 16.8 Å². The van der Waals surface area contributed by atoms with Crippen LogP contribution in [-0.2, 0) is 20.8 Å². The minimum Gasteiger partial charge on any atom is -0.716 e. The number of benzene rings is 3. The summed E-state index contributed by atoms with van der Waals surface area (Å²) in [5, 5.41) is 0.814. The Labute approximate surface area is 260 Å². The molecule has 0 aliphatic heterocycles. The number of halogens is 2. The molecule has 0 aliphatic rings. The maximum atomic E-state index is 11.6. The number of nitrogens with one attached hydrogen (secondary N) is 1. The topological polar surface area (TPSA) is 158 Å². The molecule has 0 radical (unpaired) electrons. The van der Waals surface area contributed by atoms with Crippen molar-refractivity contribution in [3.05, 3.63) is 52.0 Å². The Morgan fingerprint density at radius 2 is 1.42 bits per heavy atom. The first kappa shape index (κ1) is 31.5. The van der Waals surface area contributed by atoms with E-state index in [0.29, 0.717) is 10.9 Å². The van der Waals surface area contributed by atoms with E-state index >= 15 is 0 Å². The Bertz CT molecular complexity index is 1690. The third-order valence-electron chi connectivity index (χ3n) is 5.00. The molecule has 0 saturated heterocycles. The van der Waals surface area contributed by atoms with Crippen LogP contribution in [0.1, 0.15) is 5.56 Å². The second-order valence-corrected chi connectivity index (χ2v) is 9.81. The number of fused-ring (bicyclic) bond motifs is 2. The van der Waals surface area contributed by atoms with Crippen LogP contribution in [-0.4, -0.2) is 38.0 Å². The summed E-state index contributed by atoms with van der Waals surface area (Å²) in [5.74, 6) is -0.809. The third kappa shape index (κ3) is 6.28. The summed E-state index contributed by atoms with van der Waals surface area (Å²) in [6, 6.07) is 8.86. The van der Waals surface area contributed by atoms with E-state index < -0.39 is 32.3 Å². The Kier molecular flexibility index (Phi) is 10.1. The Balaban J connectivity index is 0.00000228. The van der Waals surface area contributed by atoms with E-state index in [9.17, 15) is 25.9 Å². The number of aromatic nitrogens is 1. The smallest absolute Gasteiger partial charge is 0.716 e. The number of rotatable bonds is 6.